The predicted octanol–water partition coefficient (Wildman–Crippen LogP) is 2.14. The van der Waals surface area contributed by atoms with E-state index in [2.05, 4.69) is 20.6 Å². The summed E-state index contributed by atoms with van der Waals surface area (Å²) in [4.78, 5) is 30.5. The van der Waals surface area contributed by atoms with Crippen LogP contribution in [0.15, 0.2) is 56.9 Å². The lowest BCUT2D eigenvalue weighted by Crippen LogP contribution is -2.54. The van der Waals surface area contributed by atoms with Crippen molar-refractivity contribution >= 4 is 49.8 Å². The maximum Gasteiger partial charge on any atom is 0.354 e. The van der Waals surface area contributed by atoms with Crippen LogP contribution in [0.2, 0.25) is 5.02 Å². The van der Waals surface area contributed by atoms with Crippen LogP contribution < -0.4 is 16.7 Å². The molecule has 0 aliphatic carbocycles. The fraction of sp³-hybridized carbons (Fsp3) is 0.136. The van der Waals surface area contributed by atoms with E-state index in [4.69, 9.17) is 31.8 Å². The van der Waals surface area contributed by atoms with Crippen molar-refractivity contribution in [2.75, 3.05) is 5.32 Å². The minimum atomic E-state index is -2.34. The van der Waals surface area contributed by atoms with Crippen molar-refractivity contribution in [3.05, 3.63) is 97.5 Å². The molecule has 4 radical (unpaired) electrons. The molecule has 0 amide bonds. The molecular weight excluding hydrogens is 524 g/mol. The third-order valence-corrected chi connectivity index (χ3v) is 5.97. The van der Waals surface area contributed by atoms with E-state index >= 15 is 0 Å². The summed E-state index contributed by atoms with van der Waals surface area (Å²) in [5.41, 5.74) is -2.24. The lowest BCUT2D eigenvalue weighted by Gasteiger charge is -2.26. The number of aromatic nitrogens is 6. The molecule has 3 heterocycles. The molecule has 16 heteroatoms. The summed E-state index contributed by atoms with van der Waals surface area (Å²) in [5.74, 6) is -4.35. The minimum Gasteiger partial charge on any atom is -0.364 e. The largest absolute Gasteiger partial charge is 0.364 e. The summed E-state index contributed by atoms with van der Waals surface area (Å²) in [6, 6.07) is 5.23. The van der Waals surface area contributed by atoms with Gasteiger partial charge in [-0.1, -0.05) is 16.8 Å². The number of rotatable bonds is 6. The highest BCUT2D eigenvalue weighted by molar-refractivity contribution is 6.39. The van der Waals surface area contributed by atoms with Gasteiger partial charge in [-0.25, -0.2) is 27.3 Å². The van der Waals surface area contributed by atoms with Gasteiger partial charge in [0, 0.05) is 41.7 Å². The molecule has 10 nitrogen and oxygen atoms in total. The smallest absolute Gasteiger partial charge is 0.354 e. The zero-order chi connectivity index (χ0) is 27.4. The summed E-state index contributed by atoms with van der Waals surface area (Å²) in [6.07, 6.45) is 2.81. The van der Waals surface area contributed by atoms with Crippen molar-refractivity contribution in [3.8, 4) is 0 Å². The van der Waals surface area contributed by atoms with E-state index in [1.165, 1.54) is 12.1 Å². The van der Waals surface area contributed by atoms with Crippen LogP contribution in [0.1, 0.15) is 11.3 Å². The average Bonchev–Trinajstić information content (AvgIpc) is 3.49. The summed E-state index contributed by atoms with van der Waals surface area (Å²) < 4.78 is 49.4. The van der Waals surface area contributed by atoms with Crippen molar-refractivity contribution in [1.29, 1.82) is 0 Å². The number of halogens is 4. The first-order valence-electron chi connectivity index (χ1n) is 10.7. The normalized spacial score (nSPS) is 11.8. The first-order valence-corrected chi connectivity index (χ1v) is 11.1. The summed E-state index contributed by atoms with van der Waals surface area (Å²) in [5, 5.41) is 9.05. The van der Waals surface area contributed by atoms with E-state index in [0.29, 0.717) is 27.6 Å². The Balaban J connectivity index is 1.71. The first-order chi connectivity index (χ1) is 18.0. The van der Waals surface area contributed by atoms with Crippen LogP contribution in [0.25, 0.3) is 10.9 Å². The standard InChI is InChI=1S/C22H13B2ClF3N7O3/c1-33-8-11-5-17(12(25)6-16(11)31-33)29-19-30-20(36)35(22(23,24)18-2-3-38-32-18)21(37)34(19)9-10-4-14(27)15(28)7-13(10)26/h2-8H,9H2,1H3,(H,29,30,36). The van der Waals surface area contributed by atoms with Crippen LogP contribution in [0, 0.1) is 17.5 Å². The lowest BCUT2D eigenvalue weighted by atomic mass is 9.60. The molecule has 0 atom stereocenters. The van der Waals surface area contributed by atoms with E-state index < -0.39 is 52.2 Å². The number of hydrogen-bond acceptors (Lipinski definition) is 7. The quantitative estimate of drug-likeness (QED) is 0.261. The Morgan fingerprint density at radius 3 is 2.55 bits per heavy atom. The molecule has 3 aromatic heterocycles. The molecule has 0 bridgehead atoms. The maximum atomic E-state index is 14.6. The zero-order valence-corrected chi connectivity index (χ0v) is 20.1. The van der Waals surface area contributed by atoms with Gasteiger partial charge in [0.05, 0.1) is 44.2 Å². The van der Waals surface area contributed by atoms with Gasteiger partial charge < -0.3 is 9.84 Å². The highest BCUT2D eigenvalue weighted by atomic mass is 35.5. The van der Waals surface area contributed by atoms with Crippen molar-refractivity contribution in [2.24, 2.45) is 7.05 Å². The molecule has 5 aromatic rings. The van der Waals surface area contributed by atoms with Crippen molar-refractivity contribution in [3.63, 3.8) is 0 Å². The Hall–Kier alpha value is -4.26. The van der Waals surface area contributed by atoms with Gasteiger partial charge in [0.15, 0.2) is 11.6 Å². The van der Waals surface area contributed by atoms with E-state index in [0.717, 1.165) is 10.8 Å². The highest BCUT2D eigenvalue weighted by Gasteiger charge is 2.31. The second kappa shape index (κ2) is 9.24. The number of anilines is 2. The summed E-state index contributed by atoms with van der Waals surface area (Å²) in [6.45, 7) is -0.709. The number of nitrogens with zero attached hydrogens (tertiary/aromatic N) is 6. The second-order valence-electron chi connectivity index (χ2n) is 8.31. The van der Waals surface area contributed by atoms with Gasteiger partial charge in [-0.3, -0.25) is 9.25 Å². The van der Waals surface area contributed by atoms with Crippen molar-refractivity contribution < 1.29 is 17.7 Å². The topological polar surface area (TPSA) is 113 Å². The van der Waals surface area contributed by atoms with Crippen LogP contribution >= 0.6 is 11.6 Å². The molecular formula is C22H13B2ClF3N7O3. The highest BCUT2D eigenvalue weighted by Crippen LogP contribution is 2.29. The second-order valence-corrected chi connectivity index (χ2v) is 8.72. The minimum absolute atomic E-state index is 0.148. The number of aryl methyl sites for hydroxylation is 1. The summed E-state index contributed by atoms with van der Waals surface area (Å²) in [7, 11) is 13.8. The van der Waals surface area contributed by atoms with Gasteiger partial charge in [0.2, 0.25) is 5.95 Å². The van der Waals surface area contributed by atoms with Crippen LogP contribution in [0.4, 0.5) is 24.8 Å². The van der Waals surface area contributed by atoms with Gasteiger partial charge in [-0.05, 0) is 18.2 Å². The molecule has 0 spiro atoms. The Morgan fingerprint density at radius 1 is 1.11 bits per heavy atom. The SMILES string of the molecule is [B]C([B])(c1ccon1)n1c(=O)nc(Nc2cc3cn(C)nc3cc2Cl)n(Cc2cc(F)c(F)cc2F)c1=O. The molecule has 5 rings (SSSR count). The van der Waals surface area contributed by atoms with Gasteiger partial charge in [0.1, 0.15) is 12.1 Å². The number of benzene rings is 2. The molecule has 2 aromatic carbocycles. The first kappa shape index (κ1) is 25.4. The summed E-state index contributed by atoms with van der Waals surface area (Å²) >= 11 is 6.37. The maximum absolute atomic E-state index is 14.6. The zero-order valence-electron chi connectivity index (χ0n) is 19.3. The lowest BCUT2D eigenvalue weighted by molar-refractivity contribution is 0.400. The fourth-order valence-corrected chi connectivity index (χ4v) is 4.03. The van der Waals surface area contributed by atoms with Crippen molar-refractivity contribution in [2.45, 2.75) is 11.9 Å². The Bertz CT molecular complexity index is 1820. The molecule has 38 heavy (non-hydrogen) atoms. The van der Waals surface area contributed by atoms with Crippen LogP contribution in [-0.2, 0) is 18.9 Å². The number of fused-ring (bicyclic) bond motifs is 1. The molecule has 0 unspecified atom stereocenters. The van der Waals surface area contributed by atoms with Gasteiger partial charge in [-0.15, -0.1) is 0 Å². The van der Waals surface area contributed by atoms with E-state index in [9.17, 15) is 22.8 Å². The molecule has 1 N–H and O–H groups in total. The molecule has 0 fully saturated rings. The molecule has 0 aliphatic rings. The van der Waals surface area contributed by atoms with E-state index in [-0.39, 0.29) is 16.4 Å². The van der Waals surface area contributed by atoms with Gasteiger partial charge in [-0.2, -0.15) is 10.1 Å². The molecule has 0 aliphatic heterocycles. The van der Waals surface area contributed by atoms with Gasteiger partial charge in [0.25, 0.3) is 0 Å². The predicted molar refractivity (Wildman–Crippen MR) is 132 cm³/mol. The van der Waals surface area contributed by atoms with Gasteiger partial charge >= 0.3 is 11.4 Å². The third kappa shape index (κ3) is 4.38. The monoisotopic (exact) mass is 537 g/mol. The van der Waals surface area contributed by atoms with Crippen LogP contribution in [0.3, 0.4) is 0 Å². The Labute approximate surface area is 218 Å². The third-order valence-electron chi connectivity index (χ3n) is 5.66. The van der Waals surface area contributed by atoms with E-state index in [1.807, 2.05) is 0 Å². The van der Waals surface area contributed by atoms with Crippen LogP contribution in [0.5, 0.6) is 0 Å². The van der Waals surface area contributed by atoms with Crippen LogP contribution in [-0.4, -0.2) is 44.7 Å². The number of hydrogen-bond donors (Lipinski definition) is 1. The average molecular weight is 537 g/mol. The Morgan fingerprint density at radius 2 is 1.84 bits per heavy atom. The molecule has 0 saturated carbocycles. The van der Waals surface area contributed by atoms with E-state index in [1.54, 1.807) is 24.0 Å². The number of nitrogens with one attached hydrogen (secondary N) is 1. The Kier molecular flexibility index (Phi) is 6.18. The fourth-order valence-electron chi connectivity index (χ4n) is 3.82. The molecule has 188 valence electrons. The molecule has 0 saturated heterocycles. The van der Waals surface area contributed by atoms with Crippen molar-refractivity contribution in [1.82, 2.24) is 29.1 Å².